The number of amides is 1. The first-order valence-electron chi connectivity index (χ1n) is 10.2. The Morgan fingerprint density at radius 3 is 2.81 bits per heavy atom. The summed E-state index contributed by atoms with van der Waals surface area (Å²) < 4.78 is 15.4. The van der Waals surface area contributed by atoms with Crippen molar-refractivity contribution >= 4 is 22.5 Å². The number of rotatable bonds is 4. The number of hydrogen-bond donors (Lipinski definition) is 2. The van der Waals surface area contributed by atoms with Crippen LogP contribution in [0.1, 0.15) is 29.4 Å². The topological polar surface area (TPSA) is 91.7 Å². The molecule has 1 aliphatic heterocycles. The minimum Gasteiger partial charge on any atom is -0.319 e. The van der Waals surface area contributed by atoms with E-state index >= 15 is 0 Å². The van der Waals surface area contributed by atoms with Gasteiger partial charge in [0, 0.05) is 23.2 Å². The van der Waals surface area contributed by atoms with Crippen LogP contribution in [0.3, 0.4) is 0 Å². The Kier molecular flexibility index (Phi) is 4.95. The molecule has 31 heavy (non-hydrogen) atoms. The molecule has 0 radical (unpaired) electrons. The van der Waals surface area contributed by atoms with Gasteiger partial charge < -0.3 is 10.2 Å². The number of anilines is 1. The second-order valence-electron chi connectivity index (χ2n) is 7.92. The Hall–Kier alpha value is -3.59. The number of carbonyl (C=O) groups is 1. The maximum atomic E-state index is 13.4. The molecule has 0 atom stereocenters. The van der Waals surface area contributed by atoms with Gasteiger partial charge in [-0.3, -0.25) is 19.6 Å². The number of pyridine rings is 1. The van der Waals surface area contributed by atoms with Gasteiger partial charge in [0.15, 0.2) is 5.69 Å². The maximum Gasteiger partial charge on any atom is 0.276 e. The number of hydrogen-bond acceptors (Lipinski definition) is 5. The molecule has 1 saturated heterocycles. The van der Waals surface area contributed by atoms with E-state index in [0.717, 1.165) is 48.8 Å². The highest BCUT2D eigenvalue weighted by Gasteiger charge is 2.20. The molecule has 1 aromatic carbocycles. The van der Waals surface area contributed by atoms with E-state index in [1.165, 1.54) is 12.3 Å². The molecule has 0 bridgehead atoms. The van der Waals surface area contributed by atoms with Crippen LogP contribution in [0.5, 0.6) is 0 Å². The van der Waals surface area contributed by atoms with Gasteiger partial charge in [0.25, 0.3) is 5.91 Å². The number of likely N-dealkylation sites (tertiary alicyclic amines) is 1. The highest BCUT2D eigenvalue weighted by atomic mass is 19.1. The molecule has 9 heteroatoms. The summed E-state index contributed by atoms with van der Waals surface area (Å²) in [5.74, 6) is -0.952. The van der Waals surface area contributed by atoms with Crippen molar-refractivity contribution in [3.63, 3.8) is 0 Å². The smallest absolute Gasteiger partial charge is 0.276 e. The Balaban J connectivity index is 1.41. The van der Waals surface area contributed by atoms with E-state index in [4.69, 9.17) is 0 Å². The third-order valence-corrected chi connectivity index (χ3v) is 5.74. The lowest BCUT2D eigenvalue weighted by Gasteiger charge is -2.28. The number of benzene rings is 1. The van der Waals surface area contributed by atoms with E-state index in [-0.39, 0.29) is 11.4 Å². The van der Waals surface area contributed by atoms with Crippen molar-refractivity contribution in [1.82, 2.24) is 29.9 Å². The zero-order valence-electron chi connectivity index (χ0n) is 17.0. The molecule has 3 aromatic heterocycles. The normalized spacial score (nSPS) is 15.4. The number of piperidine rings is 1. The monoisotopic (exact) mass is 419 g/mol. The molecule has 0 spiro atoms. The van der Waals surface area contributed by atoms with Crippen LogP contribution in [-0.2, 0) is 0 Å². The number of halogens is 1. The van der Waals surface area contributed by atoms with Gasteiger partial charge in [-0.2, -0.15) is 10.2 Å². The molecule has 1 fully saturated rings. The SMILES string of the molecule is CN1CCC(n2cc(-c3ccc4[nH]nc(C(=O)Nc5cncc(F)c5)c4c3)cn2)CC1. The minimum atomic E-state index is -0.520. The summed E-state index contributed by atoms with van der Waals surface area (Å²) >= 11 is 0. The van der Waals surface area contributed by atoms with E-state index < -0.39 is 11.7 Å². The lowest BCUT2D eigenvalue weighted by atomic mass is 10.0. The van der Waals surface area contributed by atoms with Crippen LogP contribution in [-0.4, -0.2) is 55.9 Å². The molecule has 0 saturated carbocycles. The van der Waals surface area contributed by atoms with E-state index in [2.05, 4.69) is 43.7 Å². The maximum absolute atomic E-state index is 13.4. The highest BCUT2D eigenvalue weighted by Crippen LogP contribution is 2.28. The Bertz CT molecular complexity index is 1240. The molecule has 0 aliphatic carbocycles. The zero-order valence-corrected chi connectivity index (χ0v) is 17.0. The van der Waals surface area contributed by atoms with Crippen LogP contribution in [0.4, 0.5) is 10.1 Å². The molecular formula is C22H22FN7O. The first-order chi connectivity index (χ1) is 15.1. The number of aromatic nitrogens is 5. The third-order valence-electron chi connectivity index (χ3n) is 5.74. The predicted molar refractivity (Wildman–Crippen MR) is 115 cm³/mol. The Labute approximate surface area is 178 Å². The molecular weight excluding hydrogens is 397 g/mol. The van der Waals surface area contributed by atoms with E-state index in [1.54, 1.807) is 0 Å². The van der Waals surface area contributed by atoms with Crippen LogP contribution < -0.4 is 5.32 Å². The number of nitrogens with zero attached hydrogens (tertiary/aromatic N) is 5. The van der Waals surface area contributed by atoms with Crippen LogP contribution >= 0.6 is 0 Å². The number of H-pyrrole nitrogens is 1. The fourth-order valence-corrected chi connectivity index (χ4v) is 3.98. The summed E-state index contributed by atoms with van der Waals surface area (Å²) in [6.07, 6.45) is 8.55. The van der Waals surface area contributed by atoms with E-state index in [9.17, 15) is 9.18 Å². The fourth-order valence-electron chi connectivity index (χ4n) is 3.98. The minimum absolute atomic E-state index is 0.240. The zero-order chi connectivity index (χ0) is 21.4. The standard InChI is InChI=1S/C22H22FN7O/c1-29-6-4-18(5-7-29)30-13-15(10-25-30)14-2-3-20-19(8-14)21(28-27-20)22(31)26-17-9-16(23)11-24-12-17/h2-3,8-13,18H,4-7H2,1H3,(H,26,31)(H,27,28). The molecule has 158 valence electrons. The van der Waals surface area contributed by atoms with Crippen LogP contribution in [0, 0.1) is 5.82 Å². The largest absolute Gasteiger partial charge is 0.319 e. The first kappa shape index (κ1) is 19.4. The average molecular weight is 419 g/mol. The van der Waals surface area contributed by atoms with Gasteiger partial charge in [-0.05, 0) is 50.7 Å². The van der Waals surface area contributed by atoms with Crippen LogP contribution in [0.15, 0.2) is 49.1 Å². The summed E-state index contributed by atoms with van der Waals surface area (Å²) in [5.41, 5.74) is 3.20. The van der Waals surface area contributed by atoms with E-state index in [0.29, 0.717) is 11.4 Å². The number of nitrogens with one attached hydrogen (secondary N) is 2. The first-order valence-corrected chi connectivity index (χ1v) is 10.2. The van der Waals surface area contributed by atoms with Gasteiger partial charge in [-0.15, -0.1) is 0 Å². The molecule has 8 nitrogen and oxygen atoms in total. The van der Waals surface area contributed by atoms with Gasteiger partial charge in [-0.1, -0.05) is 6.07 Å². The van der Waals surface area contributed by atoms with Crippen molar-refractivity contribution in [3.8, 4) is 11.1 Å². The summed E-state index contributed by atoms with van der Waals surface area (Å²) in [6.45, 7) is 2.14. The van der Waals surface area contributed by atoms with E-state index in [1.807, 2.05) is 29.1 Å². The summed E-state index contributed by atoms with van der Waals surface area (Å²) in [5, 5.41) is 15.0. The van der Waals surface area contributed by atoms with Crippen molar-refractivity contribution in [2.24, 2.45) is 0 Å². The van der Waals surface area contributed by atoms with Crippen molar-refractivity contribution in [2.75, 3.05) is 25.5 Å². The fraction of sp³-hybridized carbons (Fsp3) is 0.273. The highest BCUT2D eigenvalue weighted by molar-refractivity contribution is 6.11. The summed E-state index contributed by atoms with van der Waals surface area (Å²) in [7, 11) is 2.14. The molecule has 0 unspecified atom stereocenters. The Morgan fingerprint density at radius 2 is 2.00 bits per heavy atom. The lowest BCUT2D eigenvalue weighted by molar-refractivity contribution is 0.102. The number of carbonyl (C=O) groups excluding carboxylic acids is 1. The third kappa shape index (κ3) is 3.91. The number of fused-ring (bicyclic) bond motifs is 1. The summed E-state index contributed by atoms with van der Waals surface area (Å²) in [4.78, 5) is 18.8. The van der Waals surface area contributed by atoms with Gasteiger partial charge >= 0.3 is 0 Å². The van der Waals surface area contributed by atoms with Crippen LogP contribution in [0.2, 0.25) is 0 Å². The van der Waals surface area contributed by atoms with Crippen molar-refractivity contribution in [1.29, 1.82) is 0 Å². The molecule has 5 rings (SSSR count). The quantitative estimate of drug-likeness (QED) is 0.528. The summed E-state index contributed by atoms with van der Waals surface area (Å²) in [6, 6.07) is 7.42. The van der Waals surface area contributed by atoms with Gasteiger partial charge in [0.2, 0.25) is 0 Å². The molecule has 4 aromatic rings. The molecule has 4 heterocycles. The predicted octanol–water partition coefficient (Wildman–Crippen LogP) is 3.48. The molecule has 2 N–H and O–H groups in total. The van der Waals surface area contributed by atoms with Gasteiger partial charge in [0.1, 0.15) is 5.82 Å². The lowest BCUT2D eigenvalue weighted by Crippen LogP contribution is -2.31. The van der Waals surface area contributed by atoms with Gasteiger partial charge in [0.05, 0.1) is 35.8 Å². The average Bonchev–Trinajstić information content (AvgIpc) is 3.41. The molecule has 1 amide bonds. The second kappa shape index (κ2) is 7.92. The van der Waals surface area contributed by atoms with Crippen LogP contribution in [0.25, 0.3) is 22.0 Å². The van der Waals surface area contributed by atoms with Crippen molar-refractivity contribution < 1.29 is 9.18 Å². The van der Waals surface area contributed by atoms with Gasteiger partial charge in [-0.25, -0.2) is 4.39 Å². The van der Waals surface area contributed by atoms with Crippen molar-refractivity contribution in [3.05, 3.63) is 60.6 Å². The number of aromatic amines is 1. The Morgan fingerprint density at radius 1 is 1.16 bits per heavy atom. The van der Waals surface area contributed by atoms with Crippen molar-refractivity contribution in [2.45, 2.75) is 18.9 Å². The molecule has 1 aliphatic rings. The second-order valence-corrected chi connectivity index (χ2v) is 7.92.